The normalized spacial score (nSPS) is 16.1. The number of nitrogens with zero attached hydrogens (tertiary/aromatic N) is 4. The number of para-hydroxylation sites is 1. The molecule has 196 valence electrons. The summed E-state index contributed by atoms with van der Waals surface area (Å²) in [5.74, 6) is 1.57. The molecule has 0 unspecified atom stereocenters. The van der Waals surface area contributed by atoms with Gasteiger partial charge in [0.05, 0.1) is 22.5 Å². The molecular formula is C33H26N4O3. The highest BCUT2D eigenvalue weighted by Crippen LogP contribution is 2.39. The van der Waals surface area contributed by atoms with Crippen molar-refractivity contribution < 1.29 is 14.7 Å². The third kappa shape index (κ3) is 4.92. The molecule has 3 heterocycles. The number of rotatable bonds is 6. The number of aromatic nitrogens is 3. The lowest BCUT2D eigenvalue weighted by Crippen LogP contribution is -2.25. The van der Waals surface area contributed by atoms with Crippen LogP contribution in [-0.2, 0) is 11.3 Å². The Balaban J connectivity index is 1.41. The number of hydrogen-bond donors (Lipinski definition) is 1. The van der Waals surface area contributed by atoms with Gasteiger partial charge in [-0.1, -0.05) is 71.4 Å². The van der Waals surface area contributed by atoms with Crippen LogP contribution in [0, 0.1) is 13.8 Å². The van der Waals surface area contributed by atoms with Gasteiger partial charge in [-0.15, -0.1) is 0 Å². The highest BCUT2D eigenvalue weighted by molar-refractivity contribution is 6.22. The summed E-state index contributed by atoms with van der Waals surface area (Å²) in [7, 11) is 0. The van der Waals surface area contributed by atoms with Crippen molar-refractivity contribution in [3.05, 3.63) is 143 Å². The van der Waals surface area contributed by atoms with Crippen molar-refractivity contribution in [3.8, 4) is 5.75 Å². The third-order valence-corrected chi connectivity index (χ3v) is 6.69. The van der Waals surface area contributed by atoms with E-state index < -0.39 is 0 Å². The molecule has 3 aromatic carbocycles. The van der Waals surface area contributed by atoms with E-state index in [1.165, 1.54) is 5.56 Å². The monoisotopic (exact) mass is 526 g/mol. The fraction of sp³-hybridized carbons (Fsp3) is 0.0909. The average molecular weight is 527 g/mol. The molecule has 1 aliphatic heterocycles. The van der Waals surface area contributed by atoms with Crippen molar-refractivity contribution in [2.75, 3.05) is 0 Å². The average Bonchev–Trinajstić information content (AvgIpc) is 2.97. The molecule has 1 N–H and O–H groups in total. The van der Waals surface area contributed by atoms with E-state index in [9.17, 15) is 5.21 Å². The highest BCUT2D eigenvalue weighted by atomic mass is 16.5. The molecule has 0 aliphatic carbocycles. The van der Waals surface area contributed by atoms with Crippen molar-refractivity contribution in [2.45, 2.75) is 20.5 Å². The third-order valence-electron chi connectivity index (χ3n) is 6.69. The predicted octanol–water partition coefficient (Wildman–Crippen LogP) is 6.88. The van der Waals surface area contributed by atoms with Gasteiger partial charge in [-0.05, 0) is 54.8 Å². The summed E-state index contributed by atoms with van der Waals surface area (Å²) in [4.78, 5) is 13.5. The Labute approximate surface area is 231 Å². The van der Waals surface area contributed by atoms with Gasteiger partial charge in [0, 0.05) is 17.7 Å². The fourth-order valence-corrected chi connectivity index (χ4v) is 4.73. The zero-order valence-corrected chi connectivity index (χ0v) is 22.1. The maximum absolute atomic E-state index is 10.0. The van der Waals surface area contributed by atoms with Gasteiger partial charge >= 0.3 is 0 Å². The fourth-order valence-electron chi connectivity index (χ4n) is 4.73. The van der Waals surface area contributed by atoms with Gasteiger partial charge in [0.1, 0.15) is 18.7 Å². The summed E-state index contributed by atoms with van der Waals surface area (Å²) in [5.41, 5.74) is 7.38. The Morgan fingerprint density at radius 2 is 1.77 bits per heavy atom. The van der Waals surface area contributed by atoms with E-state index in [2.05, 4.69) is 39.2 Å². The van der Waals surface area contributed by atoms with Crippen molar-refractivity contribution in [1.82, 2.24) is 15.0 Å². The smallest absolute Gasteiger partial charge is 0.188 e. The molecule has 0 atom stereocenters. The molecule has 0 amide bonds. The predicted molar refractivity (Wildman–Crippen MR) is 155 cm³/mol. The lowest BCUT2D eigenvalue weighted by molar-refractivity contribution is 0.276. The number of oxime groups is 1. The summed E-state index contributed by atoms with van der Waals surface area (Å²) in [6.07, 6.45) is 4.98. The Kier molecular flexibility index (Phi) is 6.77. The zero-order chi connectivity index (χ0) is 27.5. The molecule has 0 radical (unpaired) electrons. The van der Waals surface area contributed by atoms with E-state index in [4.69, 9.17) is 9.47 Å². The van der Waals surface area contributed by atoms with E-state index in [1.807, 2.05) is 79.7 Å². The maximum Gasteiger partial charge on any atom is 0.188 e. The topological polar surface area (TPSA) is 89.7 Å². The van der Waals surface area contributed by atoms with E-state index in [-0.39, 0.29) is 0 Å². The molecule has 0 saturated carbocycles. The number of pyridine rings is 1. The largest absolute Gasteiger partial charge is 0.489 e. The molecule has 1 saturated heterocycles. The van der Waals surface area contributed by atoms with E-state index in [0.717, 1.165) is 33.3 Å². The molecule has 40 heavy (non-hydrogen) atoms. The van der Waals surface area contributed by atoms with Gasteiger partial charge in [0.25, 0.3) is 0 Å². The van der Waals surface area contributed by atoms with E-state index in [1.54, 1.807) is 18.6 Å². The maximum atomic E-state index is 10.0. The second kappa shape index (κ2) is 10.8. The minimum Gasteiger partial charge on any atom is -0.489 e. The Bertz CT molecular complexity index is 1790. The Morgan fingerprint density at radius 1 is 0.925 bits per heavy atom. The van der Waals surface area contributed by atoms with Crippen LogP contribution in [0.3, 0.4) is 0 Å². The van der Waals surface area contributed by atoms with Crippen LogP contribution in [0.2, 0.25) is 0 Å². The number of ether oxygens (including phenoxy) is 2. The molecule has 7 heteroatoms. The minimum absolute atomic E-state index is 0.319. The molecule has 0 spiro atoms. The Morgan fingerprint density at radius 3 is 2.55 bits per heavy atom. The molecule has 2 aromatic heterocycles. The van der Waals surface area contributed by atoms with Gasteiger partial charge in [-0.25, -0.2) is 9.97 Å². The van der Waals surface area contributed by atoms with Crippen molar-refractivity contribution in [3.63, 3.8) is 0 Å². The summed E-state index contributed by atoms with van der Waals surface area (Å²) in [6, 6.07) is 27.5. The van der Waals surface area contributed by atoms with Gasteiger partial charge in [0.2, 0.25) is 0 Å². The van der Waals surface area contributed by atoms with Gasteiger partial charge < -0.3 is 14.7 Å². The summed E-state index contributed by atoms with van der Waals surface area (Å²) < 4.78 is 12.2. The van der Waals surface area contributed by atoms with Crippen LogP contribution in [0.25, 0.3) is 22.6 Å². The number of fused-ring (bicyclic) bond motifs is 1. The Hall–Kier alpha value is -5.30. The van der Waals surface area contributed by atoms with Crippen LogP contribution >= 0.6 is 0 Å². The highest BCUT2D eigenvalue weighted by Gasteiger charge is 2.35. The van der Waals surface area contributed by atoms with E-state index >= 15 is 0 Å². The first kappa shape index (κ1) is 25.0. The quantitative estimate of drug-likeness (QED) is 0.192. The van der Waals surface area contributed by atoms with Crippen LogP contribution in [0.1, 0.15) is 33.6 Å². The molecule has 7 nitrogen and oxygen atoms in total. The second-order valence-electron chi connectivity index (χ2n) is 9.51. The van der Waals surface area contributed by atoms with Crippen LogP contribution in [0.4, 0.5) is 0 Å². The van der Waals surface area contributed by atoms with Crippen LogP contribution in [-0.4, -0.2) is 25.9 Å². The molecular weight excluding hydrogens is 500 g/mol. The van der Waals surface area contributed by atoms with Gasteiger partial charge in [-0.3, -0.25) is 4.98 Å². The SMILES string of the molecule is Cc1cccc(COc2ccc(/C(=C3/OC(=C\c4ccccn4)/C3=N\O)c3ncnc4c(C)cccc34)cc2)c1. The van der Waals surface area contributed by atoms with Crippen molar-refractivity contribution >= 4 is 28.3 Å². The van der Waals surface area contributed by atoms with Crippen molar-refractivity contribution in [2.24, 2.45) is 5.16 Å². The summed E-state index contributed by atoms with van der Waals surface area (Å²) in [6.45, 7) is 4.55. The molecule has 1 fully saturated rings. The second-order valence-corrected chi connectivity index (χ2v) is 9.51. The zero-order valence-electron chi connectivity index (χ0n) is 22.1. The van der Waals surface area contributed by atoms with E-state index in [0.29, 0.717) is 40.8 Å². The van der Waals surface area contributed by atoms with Crippen LogP contribution < -0.4 is 4.74 Å². The van der Waals surface area contributed by atoms with Gasteiger partial charge in [0.15, 0.2) is 17.2 Å². The first-order chi connectivity index (χ1) is 19.6. The van der Waals surface area contributed by atoms with Crippen LogP contribution in [0.15, 0.2) is 114 Å². The molecule has 0 bridgehead atoms. The number of hydrogen-bond acceptors (Lipinski definition) is 7. The lowest BCUT2D eigenvalue weighted by Gasteiger charge is -2.27. The van der Waals surface area contributed by atoms with Gasteiger partial charge in [-0.2, -0.15) is 0 Å². The first-order valence-electron chi connectivity index (χ1n) is 12.9. The van der Waals surface area contributed by atoms with Crippen molar-refractivity contribution in [1.29, 1.82) is 0 Å². The standard InChI is InChI=1S/C33H26N4O3/c1-21-7-5-9-23(17-21)19-39-26-14-12-24(13-15-26)29(31-27-11-6-8-22(2)30(27)35-20-36-31)33-32(37-38)28(40-33)18-25-10-3-4-16-34-25/h3-18,20,38H,19H2,1-2H3/b28-18-,33-29-,37-32+. The molecule has 1 aliphatic rings. The molecule has 5 aromatic rings. The van der Waals surface area contributed by atoms with Crippen LogP contribution in [0.5, 0.6) is 5.75 Å². The first-order valence-corrected chi connectivity index (χ1v) is 12.9. The number of benzene rings is 3. The summed E-state index contributed by atoms with van der Waals surface area (Å²) >= 11 is 0. The lowest BCUT2D eigenvalue weighted by atomic mass is 9.93. The summed E-state index contributed by atoms with van der Waals surface area (Å²) in [5, 5.41) is 14.5. The minimum atomic E-state index is 0.319. The number of aryl methyl sites for hydroxylation is 2. The molecule has 6 rings (SSSR count).